The first kappa shape index (κ1) is 15.6. The van der Waals surface area contributed by atoms with Crippen molar-refractivity contribution in [1.29, 1.82) is 0 Å². The van der Waals surface area contributed by atoms with Crippen LogP contribution in [0, 0.1) is 0 Å². The van der Waals surface area contributed by atoms with Gasteiger partial charge in [-0.3, -0.25) is 0 Å². The lowest BCUT2D eigenvalue weighted by atomic mass is 10.3. The summed E-state index contributed by atoms with van der Waals surface area (Å²) in [4.78, 5) is 8.55. The zero-order valence-electron chi connectivity index (χ0n) is 12.3. The summed E-state index contributed by atoms with van der Waals surface area (Å²) in [5, 5.41) is 0.385. The highest BCUT2D eigenvalue weighted by atomic mass is 35.5. The molecule has 2 aromatic rings. The molecule has 0 aliphatic heterocycles. The third kappa shape index (κ3) is 4.60. The summed E-state index contributed by atoms with van der Waals surface area (Å²) < 4.78 is 11.5. The van der Waals surface area contributed by atoms with Gasteiger partial charge in [-0.25, -0.2) is 4.98 Å². The maximum absolute atomic E-state index is 6.01. The van der Waals surface area contributed by atoms with E-state index in [0.717, 1.165) is 19.3 Å². The maximum atomic E-state index is 6.01. The van der Waals surface area contributed by atoms with Crippen molar-refractivity contribution in [2.24, 2.45) is 0 Å². The smallest absolute Gasteiger partial charge is 0.224 e. The molecule has 0 radical (unpaired) electrons. The topological polar surface area (TPSA) is 44.2 Å². The number of para-hydroxylation sites is 2. The predicted molar refractivity (Wildman–Crippen MR) is 83.3 cm³/mol. The number of hydrogen-bond acceptors (Lipinski definition) is 4. The molecule has 21 heavy (non-hydrogen) atoms. The molecule has 0 saturated carbocycles. The van der Waals surface area contributed by atoms with E-state index in [2.05, 4.69) is 23.8 Å². The van der Waals surface area contributed by atoms with E-state index >= 15 is 0 Å². The van der Waals surface area contributed by atoms with Crippen molar-refractivity contribution >= 4 is 11.6 Å². The van der Waals surface area contributed by atoms with Gasteiger partial charge in [-0.05, 0) is 25.0 Å². The van der Waals surface area contributed by atoms with Gasteiger partial charge in [0.2, 0.25) is 5.88 Å². The van der Waals surface area contributed by atoms with E-state index in [4.69, 9.17) is 21.1 Å². The standard InChI is InChI=1S/C16H19ClN2O2/c1-3-7-15-18-14(17)11-16(19-15)21-13-9-6-5-8-12(13)20-10-4-2/h5-6,8-9,11H,3-4,7,10H2,1-2H3. The number of benzene rings is 1. The van der Waals surface area contributed by atoms with Crippen LogP contribution in [0.25, 0.3) is 0 Å². The lowest BCUT2D eigenvalue weighted by molar-refractivity contribution is 0.300. The first-order valence-electron chi connectivity index (χ1n) is 7.16. The summed E-state index contributed by atoms with van der Waals surface area (Å²) in [7, 11) is 0. The SMILES string of the molecule is CCCOc1ccccc1Oc1cc(Cl)nc(CCC)n1. The Morgan fingerprint density at radius 2 is 1.81 bits per heavy atom. The van der Waals surface area contributed by atoms with Crippen molar-refractivity contribution in [1.82, 2.24) is 9.97 Å². The minimum atomic E-state index is 0.385. The number of aromatic nitrogens is 2. The van der Waals surface area contributed by atoms with Crippen LogP contribution in [-0.4, -0.2) is 16.6 Å². The van der Waals surface area contributed by atoms with Crippen LogP contribution in [0.15, 0.2) is 30.3 Å². The average molecular weight is 307 g/mol. The molecule has 0 aliphatic rings. The molecule has 0 bridgehead atoms. The second-order valence-electron chi connectivity index (χ2n) is 4.59. The lowest BCUT2D eigenvalue weighted by Gasteiger charge is -2.11. The number of hydrogen-bond donors (Lipinski definition) is 0. The summed E-state index contributed by atoms with van der Waals surface area (Å²) in [5.41, 5.74) is 0. The fraction of sp³-hybridized carbons (Fsp3) is 0.375. The Morgan fingerprint density at radius 1 is 1.05 bits per heavy atom. The predicted octanol–water partition coefficient (Wildman–Crippen LogP) is 4.66. The molecular weight excluding hydrogens is 288 g/mol. The van der Waals surface area contributed by atoms with E-state index in [-0.39, 0.29) is 0 Å². The molecular formula is C16H19ClN2O2. The Bertz CT molecular complexity index is 590. The summed E-state index contributed by atoms with van der Waals surface area (Å²) in [6.45, 7) is 4.77. The fourth-order valence-corrected chi connectivity index (χ4v) is 2.00. The third-order valence-corrected chi connectivity index (χ3v) is 2.91. The number of rotatable bonds is 7. The Hall–Kier alpha value is -1.81. The molecule has 0 unspecified atom stereocenters. The zero-order chi connectivity index (χ0) is 15.1. The van der Waals surface area contributed by atoms with E-state index < -0.39 is 0 Å². The summed E-state index contributed by atoms with van der Waals surface area (Å²) in [6.07, 6.45) is 2.66. The lowest BCUT2D eigenvalue weighted by Crippen LogP contribution is -2.00. The number of halogens is 1. The van der Waals surface area contributed by atoms with E-state index in [1.54, 1.807) is 6.07 Å². The minimum Gasteiger partial charge on any atom is -0.490 e. The van der Waals surface area contributed by atoms with Crippen LogP contribution < -0.4 is 9.47 Å². The Balaban J connectivity index is 2.21. The van der Waals surface area contributed by atoms with Crippen LogP contribution in [0.1, 0.15) is 32.5 Å². The van der Waals surface area contributed by atoms with E-state index in [0.29, 0.717) is 35.0 Å². The monoisotopic (exact) mass is 306 g/mol. The Labute approximate surface area is 130 Å². The molecule has 1 aromatic heterocycles. The first-order valence-corrected chi connectivity index (χ1v) is 7.53. The molecule has 0 fully saturated rings. The van der Waals surface area contributed by atoms with Crippen LogP contribution in [0.3, 0.4) is 0 Å². The van der Waals surface area contributed by atoms with Crippen LogP contribution in [0.4, 0.5) is 0 Å². The molecule has 0 saturated heterocycles. The molecule has 0 amide bonds. The van der Waals surface area contributed by atoms with Crippen LogP contribution in [0.5, 0.6) is 17.4 Å². The van der Waals surface area contributed by atoms with Gasteiger partial charge in [0, 0.05) is 12.5 Å². The Morgan fingerprint density at radius 3 is 2.52 bits per heavy atom. The molecule has 1 aromatic carbocycles. The van der Waals surface area contributed by atoms with Crippen LogP contribution in [-0.2, 0) is 6.42 Å². The maximum Gasteiger partial charge on any atom is 0.224 e. The summed E-state index contributed by atoms with van der Waals surface area (Å²) in [6, 6.07) is 9.13. The van der Waals surface area contributed by atoms with Crippen molar-refractivity contribution in [2.75, 3.05) is 6.61 Å². The van der Waals surface area contributed by atoms with Crippen molar-refractivity contribution in [3.05, 3.63) is 41.3 Å². The summed E-state index contributed by atoms with van der Waals surface area (Å²) >= 11 is 6.01. The second-order valence-corrected chi connectivity index (χ2v) is 4.98. The van der Waals surface area contributed by atoms with Gasteiger partial charge in [0.15, 0.2) is 11.5 Å². The van der Waals surface area contributed by atoms with E-state index in [9.17, 15) is 0 Å². The minimum absolute atomic E-state index is 0.385. The Kier molecular flexibility index (Phi) is 5.81. The van der Waals surface area contributed by atoms with E-state index in [1.165, 1.54) is 0 Å². The van der Waals surface area contributed by atoms with Crippen molar-refractivity contribution < 1.29 is 9.47 Å². The van der Waals surface area contributed by atoms with Gasteiger partial charge >= 0.3 is 0 Å². The molecule has 4 nitrogen and oxygen atoms in total. The summed E-state index contributed by atoms with van der Waals surface area (Å²) in [5.74, 6) is 2.45. The van der Waals surface area contributed by atoms with E-state index in [1.807, 2.05) is 24.3 Å². The van der Waals surface area contributed by atoms with Crippen molar-refractivity contribution in [3.63, 3.8) is 0 Å². The number of nitrogens with zero attached hydrogens (tertiary/aromatic N) is 2. The molecule has 1 heterocycles. The molecule has 0 N–H and O–H groups in total. The quantitative estimate of drug-likeness (QED) is 0.698. The van der Waals surface area contributed by atoms with Crippen LogP contribution in [0.2, 0.25) is 5.15 Å². The normalized spacial score (nSPS) is 10.4. The van der Waals surface area contributed by atoms with Gasteiger partial charge in [0.1, 0.15) is 11.0 Å². The highest BCUT2D eigenvalue weighted by Gasteiger charge is 2.09. The van der Waals surface area contributed by atoms with Crippen LogP contribution >= 0.6 is 11.6 Å². The highest BCUT2D eigenvalue weighted by molar-refractivity contribution is 6.29. The van der Waals surface area contributed by atoms with Gasteiger partial charge < -0.3 is 9.47 Å². The third-order valence-electron chi connectivity index (χ3n) is 2.72. The molecule has 112 valence electrons. The molecule has 5 heteroatoms. The van der Waals surface area contributed by atoms with Crippen molar-refractivity contribution in [3.8, 4) is 17.4 Å². The fourth-order valence-electron chi connectivity index (χ4n) is 1.81. The van der Waals surface area contributed by atoms with Gasteiger partial charge in [0.25, 0.3) is 0 Å². The average Bonchev–Trinajstić information content (AvgIpc) is 2.46. The highest BCUT2D eigenvalue weighted by Crippen LogP contribution is 2.31. The zero-order valence-corrected chi connectivity index (χ0v) is 13.1. The molecule has 0 atom stereocenters. The van der Waals surface area contributed by atoms with Crippen molar-refractivity contribution in [2.45, 2.75) is 33.1 Å². The molecule has 0 aliphatic carbocycles. The number of aryl methyl sites for hydroxylation is 1. The molecule has 2 rings (SSSR count). The van der Waals surface area contributed by atoms with Gasteiger partial charge in [-0.15, -0.1) is 0 Å². The number of ether oxygens (including phenoxy) is 2. The first-order chi connectivity index (χ1) is 10.2. The van der Waals surface area contributed by atoms with Gasteiger partial charge in [-0.2, -0.15) is 4.98 Å². The van der Waals surface area contributed by atoms with Gasteiger partial charge in [0.05, 0.1) is 6.61 Å². The molecule has 0 spiro atoms. The second kappa shape index (κ2) is 7.84. The largest absolute Gasteiger partial charge is 0.490 e. The van der Waals surface area contributed by atoms with Gasteiger partial charge in [-0.1, -0.05) is 37.6 Å².